The SMILES string of the molecule is Cn1cnc2cc(N3CC(S)CC3=O)ccc21. The van der Waals surface area contributed by atoms with E-state index in [1.54, 1.807) is 11.2 Å². The Hall–Kier alpha value is -1.49. The van der Waals surface area contributed by atoms with E-state index in [0.717, 1.165) is 16.7 Å². The first kappa shape index (κ1) is 10.7. The molecule has 1 saturated heterocycles. The van der Waals surface area contributed by atoms with Crippen LogP contribution in [-0.2, 0) is 11.8 Å². The minimum Gasteiger partial charge on any atom is -0.334 e. The van der Waals surface area contributed by atoms with Crippen LogP contribution in [0, 0.1) is 0 Å². The van der Waals surface area contributed by atoms with Crippen molar-refractivity contribution >= 4 is 35.3 Å². The quantitative estimate of drug-likeness (QED) is 0.777. The Morgan fingerprint density at radius 1 is 1.47 bits per heavy atom. The number of aryl methyl sites for hydroxylation is 1. The third kappa shape index (κ3) is 1.70. The van der Waals surface area contributed by atoms with Crippen molar-refractivity contribution < 1.29 is 4.79 Å². The van der Waals surface area contributed by atoms with Gasteiger partial charge in [-0.15, -0.1) is 0 Å². The van der Waals surface area contributed by atoms with Gasteiger partial charge in [0.2, 0.25) is 5.91 Å². The van der Waals surface area contributed by atoms with Gasteiger partial charge in [0.05, 0.1) is 17.4 Å². The summed E-state index contributed by atoms with van der Waals surface area (Å²) in [5, 5.41) is 0.141. The first-order valence-corrected chi connectivity index (χ1v) is 6.06. The van der Waals surface area contributed by atoms with Gasteiger partial charge in [-0.05, 0) is 18.2 Å². The number of anilines is 1. The fourth-order valence-corrected chi connectivity index (χ4v) is 2.55. The van der Waals surface area contributed by atoms with Crippen molar-refractivity contribution in [3.8, 4) is 0 Å². The summed E-state index contributed by atoms with van der Waals surface area (Å²) in [7, 11) is 1.96. The van der Waals surface area contributed by atoms with Crippen LogP contribution in [0.4, 0.5) is 5.69 Å². The van der Waals surface area contributed by atoms with Gasteiger partial charge in [0, 0.05) is 31.0 Å². The maximum Gasteiger partial charge on any atom is 0.228 e. The predicted molar refractivity (Wildman–Crippen MR) is 70.5 cm³/mol. The number of aromatic nitrogens is 2. The molecule has 0 aliphatic carbocycles. The normalized spacial score (nSPS) is 20.5. The summed E-state index contributed by atoms with van der Waals surface area (Å²) in [4.78, 5) is 17.9. The van der Waals surface area contributed by atoms with Gasteiger partial charge in [0.1, 0.15) is 0 Å². The third-order valence-corrected chi connectivity index (χ3v) is 3.47. The number of benzene rings is 1. The molecule has 17 heavy (non-hydrogen) atoms. The Morgan fingerprint density at radius 2 is 2.29 bits per heavy atom. The van der Waals surface area contributed by atoms with Gasteiger partial charge in [-0.3, -0.25) is 4.79 Å². The van der Waals surface area contributed by atoms with Gasteiger partial charge in [0.25, 0.3) is 0 Å². The Bertz CT molecular complexity index is 592. The van der Waals surface area contributed by atoms with Crippen LogP contribution in [0.3, 0.4) is 0 Å². The van der Waals surface area contributed by atoms with Gasteiger partial charge < -0.3 is 9.47 Å². The first-order valence-electron chi connectivity index (χ1n) is 5.54. The summed E-state index contributed by atoms with van der Waals surface area (Å²) in [5.41, 5.74) is 2.90. The van der Waals surface area contributed by atoms with Crippen LogP contribution in [0.2, 0.25) is 0 Å². The van der Waals surface area contributed by atoms with Crippen LogP contribution in [0.25, 0.3) is 11.0 Å². The van der Waals surface area contributed by atoms with Crippen molar-refractivity contribution in [2.45, 2.75) is 11.7 Å². The molecule has 0 spiro atoms. The van der Waals surface area contributed by atoms with Crippen molar-refractivity contribution in [1.29, 1.82) is 0 Å². The van der Waals surface area contributed by atoms with Gasteiger partial charge in [-0.2, -0.15) is 12.6 Å². The number of imidazole rings is 1. The lowest BCUT2D eigenvalue weighted by atomic mass is 10.2. The number of fused-ring (bicyclic) bond motifs is 1. The second-order valence-electron chi connectivity index (χ2n) is 4.39. The number of carbonyl (C=O) groups excluding carboxylic acids is 1. The predicted octanol–water partition coefficient (Wildman–Crippen LogP) is 1.61. The molecule has 88 valence electrons. The van der Waals surface area contributed by atoms with E-state index >= 15 is 0 Å². The number of carbonyl (C=O) groups is 1. The molecule has 1 aliphatic heterocycles. The number of hydrogen-bond donors (Lipinski definition) is 1. The molecular weight excluding hydrogens is 234 g/mol. The number of amides is 1. The first-order chi connectivity index (χ1) is 8.15. The maximum atomic E-state index is 11.8. The molecule has 1 fully saturated rings. The Morgan fingerprint density at radius 3 is 3.00 bits per heavy atom. The highest BCUT2D eigenvalue weighted by molar-refractivity contribution is 7.81. The van der Waals surface area contributed by atoms with Gasteiger partial charge >= 0.3 is 0 Å². The minimum atomic E-state index is 0.139. The fourth-order valence-electron chi connectivity index (χ4n) is 2.23. The highest BCUT2D eigenvalue weighted by Crippen LogP contribution is 2.26. The number of rotatable bonds is 1. The molecule has 0 bridgehead atoms. The van der Waals surface area contributed by atoms with Crippen molar-refractivity contribution in [1.82, 2.24) is 9.55 Å². The molecule has 3 rings (SSSR count). The van der Waals surface area contributed by atoms with Gasteiger partial charge in [0.15, 0.2) is 0 Å². The number of thiol groups is 1. The zero-order valence-electron chi connectivity index (χ0n) is 9.50. The van der Waals surface area contributed by atoms with E-state index in [1.807, 2.05) is 29.8 Å². The summed E-state index contributed by atoms with van der Waals surface area (Å²) in [5.74, 6) is 0.139. The summed E-state index contributed by atoms with van der Waals surface area (Å²) < 4.78 is 1.96. The van der Waals surface area contributed by atoms with E-state index in [9.17, 15) is 4.79 Å². The van der Waals surface area contributed by atoms with Crippen LogP contribution < -0.4 is 4.90 Å². The van der Waals surface area contributed by atoms with Crippen LogP contribution in [0.5, 0.6) is 0 Å². The molecule has 1 unspecified atom stereocenters. The minimum absolute atomic E-state index is 0.139. The third-order valence-electron chi connectivity index (χ3n) is 3.13. The summed E-state index contributed by atoms with van der Waals surface area (Å²) in [6.45, 7) is 0.681. The lowest BCUT2D eigenvalue weighted by molar-refractivity contribution is -0.117. The summed E-state index contributed by atoms with van der Waals surface area (Å²) in [6, 6.07) is 5.92. The van der Waals surface area contributed by atoms with Crippen molar-refractivity contribution in [3.05, 3.63) is 24.5 Å². The zero-order chi connectivity index (χ0) is 12.0. The van der Waals surface area contributed by atoms with Crippen LogP contribution >= 0.6 is 12.6 Å². The van der Waals surface area contributed by atoms with E-state index in [1.165, 1.54) is 0 Å². The molecule has 4 nitrogen and oxygen atoms in total. The molecule has 0 N–H and O–H groups in total. The van der Waals surface area contributed by atoms with Crippen LogP contribution in [-0.4, -0.2) is 27.3 Å². The molecule has 0 saturated carbocycles. The molecule has 5 heteroatoms. The molecule has 1 amide bonds. The topological polar surface area (TPSA) is 38.1 Å². The average Bonchev–Trinajstić information content (AvgIpc) is 2.82. The van der Waals surface area contributed by atoms with Crippen molar-refractivity contribution in [2.75, 3.05) is 11.4 Å². The molecule has 2 aromatic rings. The lowest BCUT2D eigenvalue weighted by Gasteiger charge is -2.15. The zero-order valence-corrected chi connectivity index (χ0v) is 10.4. The van der Waals surface area contributed by atoms with E-state index in [-0.39, 0.29) is 11.2 Å². The highest BCUT2D eigenvalue weighted by Gasteiger charge is 2.28. The summed E-state index contributed by atoms with van der Waals surface area (Å²) in [6.07, 6.45) is 2.30. The van der Waals surface area contributed by atoms with Crippen molar-refractivity contribution in [3.63, 3.8) is 0 Å². The van der Waals surface area contributed by atoms with E-state index < -0.39 is 0 Å². The van der Waals surface area contributed by atoms with E-state index in [4.69, 9.17) is 0 Å². The molecule has 1 aromatic carbocycles. The van der Waals surface area contributed by atoms with Crippen LogP contribution in [0.1, 0.15) is 6.42 Å². The largest absolute Gasteiger partial charge is 0.334 e. The average molecular weight is 247 g/mol. The Kier molecular flexibility index (Phi) is 2.36. The Balaban J connectivity index is 2.03. The van der Waals surface area contributed by atoms with E-state index in [2.05, 4.69) is 17.6 Å². The molecule has 1 aliphatic rings. The van der Waals surface area contributed by atoms with Crippen molar-refractivity contribution in [2.24, 2.45) is 7.05 Å². The monoisotopic (exact) mass is 247 g/mol. The van der Waals surface area contributed by atoms with Gasteiger partial charge in [-0.25, -0.2) is 4.98 Å². The highest BCUT2D eigenvalue weighted by atomic mass is 32.1. The Labute approximate surface area is 105 Å². The number of nitrogens with zero attached hydrogens (tertiary/aromatic N) is 3. The van der Waals surface area contributed by atoms with E-state index in [0.29, 0.717) is 13.0 Å². The maximum absolute atomic E-state index is 11.8. The standard InChI is InChI=1S/C12H13N3OS/c1-14-7-13-10-4-8(2-3-11(10)14)15-6-9(17)5-12(15)16/h2-4,7,9,17H,5-6H2,1H3. The second-order valence-corrected chi connectivity index (χ2v) is 5.12. The second kappa shape index (κ2) is 3.77. The molecule has 0 radical (unpaired) electrons. The molecule has 2 heterocycles. The smallest absolute Gasteiger partial charge is 0.228 e. The fraction of sp³-hybridized carbons (Fsp3) is 0.333. The molecular formula is C12H13N3OS. The van der Waals surface area contributed by atoms with Gasteiger partial charge in [-0.1, -0.05) is 0 Å². The number of hydrogen-bond acceptors (Lipinski definition) is 3. The molecule has 1 atom stereocenters. The lowest BCUT2D eigenvalue weighted by Crippen LogP contribution is -2.24. The van der Waals surface area contributed by atoms with Crippen LogP contribution in [0.15, 0.2) is 24.5 Å². The molecule has 1 aromatic heterocycles. The summed E-state index contributed by atoms with van der Waals surface area (Å²) >= 11 is 4.36.